The van der Waals surface area contributed by atoms with Crippen molar-refractivity contribution < 1.29 is 19.3 Å². The fourth-order valence-corrected chi connectivity index (χ4v) is 3.00. The number of fused-ring (bicyclic) bond motifs is 1. The molecule has 27 heavy (non-hydrogen) atoms. The number of benzene rings is 2. The van der Waals surface area contributed by atoms with Gasteiger partial charge in [0.2, 0.25) is 5.91 Å². The molecule has 8 nitrogen and oxygen atoms in total. The molecule has 1 N–H and O–H groups in total. The van der Waals surface area contributed by atoms with Gasteiger partial charge in [-0.25, -0.2) is 0 Å². The van der Waals surface area contributed by atoms with Gasteiger partial charge in [-0.3, -0.25) is 29.4 Å². The Morgan fingerprint density at radius 2 is 1.81 bits per heavy atom. The van der Waals surface area contributed by atoms with E-state index in [0.29, 0.717) is 10.6 Å². The quantitative estimate of drug-likeness (QED) is 0.344. The minimum Gasteiger partial charge on any atom is -0.325 e. The second-order valence-electron chi connectivity index (χ2n) is 5.92. The van der Waals surface area contributed by atoms with Crippen LogP contribution in [0, 0.1) is 10.1 Å². The van der Waals surface area contributed by atoms with Crippen LogP contribution in [0.5, 0.6) is 0 Å². The van der Waals surface area contributed by atoms with E-state index in [1.165, 1.54) is 12.1 Å². The summed E-state index contributed by atoms with van der Waals surface area (Å²) >= 11 is 4.25. The lowest BCUT2D eigenvalue weighted by Gasteiger charge is -2.13. The number of amides is 3. The first-order valence-corrected chi connectivity index (χ1v) is 8.55. The normalized spacial score (nSPS) is 12.9. The molecule has 3 rings (SSSR count). The molecular formula is C18H15N3O5S. The van der Waals surface area contributed by atoms with Crippen molar-refractivity contribution in [3.8, 4) is 0 Å². The maximum Gasteiger partial charge on any atom is 0.270 e. The summed E-state index contributed by atoms with van der Waals surface area (Å²) in [6, 6.07) is 10.6. The highest BCUT2D eigenvalue weighted by molar-refractivity contribution is 7.80. The highest BCUT2D eigenvalue weighted by Gasteiger charge is 2.36. The van der Waals surface area contributed by atoms with E-state index < -0.39 is 16.7 Å². The molecule has 1 aliphatic rings. The van der Waals surface area contributed by atoms with E-state index in [9.17, 15) is 24.5 Å². The number of non-ortho nitro benzene ring substituents is 1. The number of carbonyl (C=O) groups excluding carboxylic acids is 3. The molecule has 0 saturated carbocycles. The third-order valence-corrected chi connectivity index (χ3v) is 4.52. The van der Waals surface area contributed by atoms with E-state index in [-0.39, 0.29) is 42.1 Å². The number of nitrogens with one attached hydrogen (secondary N) is 1. The number of nitro groups is 1. The molecule has 0 saturated heterocycles. The lowest BCUT2D eigenvalue weighted by Crippen LogP contribution is -2.31. The van der Waals surface area contributed by atoms with Crippen LogP contribution in [0.4, 0.5) is 11.4 Å². The first kappa shape index (κ1) is 18.6. The number of nitrogens with zero attached hydrogens (tertiary/aromatic N) is 2. The van der Waals surface area contributed by atoms with Gasteiger partial charge in [-0.15, -0.1) is 12.6 Å². The number of carbonyl (C=O) groups is 3. The molecule has 0 unspecified atom stereocenters. The standard InChI is InChI=1S/C18H15N3O5S/c22-16(19-14-4-1-2-5-15(14)27)6-3-9-20-17(23)12-8-7-11(21(25)26)10-13(12)18(20)24/h1-2,4-5,7-8,10,27H,3,6,9H2,(H,19,22). The summed E-state index contributed by atoms with van der Waals surface area (Å²) in [6.07, 6.45) is 0.379. The van der Waals surface area contributed by atoms with Gasteiger partial charge in [0.05, 0.1) is 21.7 Å². The summed E-state index contributed by atoms with van der Waals surface area (Å²) in [7, 11) is 0. The van der Waals surface area contributed by atoms with Crippen molar-refractivity contribution in [3.63, 3.8) is 0 Å². The first-order chi connectivity index (χ1) is 12.9. The van der Waals surface area contributed by atoms with E-state index in [4.69, 9.17) is 0 Å². The van der Waals surface area contributed by atoms with Crippen molar-refractivity contribution >= 4 is 41.7 Å². The predicted octanol–water partition coefficient (Wildman–Crippen LogP) is 2.90. The Hall–Kier alpha value is -3.20. The molecule has 0 atom stereocenters. The molecule has 3 amide bonds. The second kappa shape index (κ2) is 7.58. The Kier molecular flexibility index (Phi) is 5.22. The summed E-state index contributed by atoms with van der Waals surface area (Å²) in [4.78, 5) is 48.6. The Balaban J connectivity index is 1.59. The molecule has 1 aliphatic heterocycles. The third kappa shape index (κ3) is 3.82. The number of hydrogen-bond donors (Lipinski definition) is 2. The highest BCUT2D eigenvalue weighted by Crippen LogP contribution is 2.27. The van der Waals surface area contributed by atoms with E-state index >= 15 is 0 Å². The molecule has 138 valence electrons. The van der Waals surface area contributed by atoms with Crippen LogP contribution in [0.1, 0.15) is 33.6 Å². The zero-order valence-corrected chi connectivity index (χ0v) is 14.9. The van der Waals surface area contributed by atoms with Gasteiger partial charge in [0.1, 0.15) is 0 Å². The average Bonchev–Trinajstić information content (AvgIpc) is 2.88. The number of para-hydroxylation sites is 1. The van der Waals surface area contributed by atoms with Crippen molar-refractivity contribution in [2.24, 2.45) is 0 Å². The van der Waals surface area contributed by atoms with Gasteiger partial charge in [0.25, 0.3) is 17.5 Å². The van der Waals surface area contributed by atoms with Crippen molar-refractivity contribution in [2.75, 3.05) is 11.9 Å². The molecule has 0 aliphatic carbocycles. The summed E-state index contributed by atoms with van der Waals surface area (Å²) in [5.74, 6) is -1.35. The van der Waals surface area contributed by atoms with Gasteiger partial charge in [0.15, 0.2) is 0 Å². The second-order valence-corrected chi connectivity index (χ2v) is 6.40. The lowest BCUT2D eigenvalue weighted by molar-refractivity contribution is -0.384. The van der Waals surface area contributed by atoms with Crippen LogP contribution in [0.2, 0.25) is 0 Å². The van der Waals surface area contributed by atoms with Crippen LogP contribution in [-0.2, 0) is 4.79 Å². The number of anilines is 1. The zero-order valence-electron chi connectivity index (χ0n) is 14.0. The van der Waals surface area contributed by atoms with Crippen LogP contribution in [0.15, 0.2) is 47.4 Å². The Morgan fingerprint density at radius 1 is 1.11 bits per heavy atom. The molecule has 0 fully saturated rings. The van der Waals surface area contributed by atoms with Crippen molar-refractivity contribution in [1.82, 2.24) is 4.90 Å². The van der Waals surface area contributed by atoms with E-state index in [0.717, 1.165) is 11.0 Å². The predicted molar refractivity (Wildman–Crippen MR) is 100 cm³/mol. The van der Waals surface area contributed by atoms with Gasteiger partial charge in [-0.1, -0.05) is 12.1 Å². The van der Waals surface area contributed by atoms with Crippen LogP contribution in [0.3, 0.4) is 0 Å². The Labute approximate surface area is 159 Å². The van der Waals surface area contributed by atoms with Crippen LogP contribution in [-0.4, -0.2) is 34.1 Å². The molecule has 2 aromatic rings. The number of nitro benzene ring substituents is 1. The van der Waals surface area contributed by atoms with Crippen molar-refractivity contribution in [3.05, 3.63) is 63.7 Å². The SMILES string of the molecule is O=C(CCCN1C(=O)c2ccc([N+](=O)[O-])cc2C1=O)Nc1ccccc1S. The zero-order chi connectivity index (χ0) is 19.6. The molecule has 1 heterocycles. The first-order valence-electron chi connectivity index (χ1n) is 8.11. The summed E-state index contributed by atoms with van der Waals surface area (Å²) in [5, 5.41) is 13.6. The fourth-order valence-electron chi connectivity index (χ4n) is 2.79. The maximum atomic E-state index is 12.4. The monoisotopic (exact) mass is 385 g/mol. The lowest BCUT2D eigenvalue weighted by atomic mass is 10.1. The Bertz CT molecular complexity index is 960. The minimum absolute atomic E-state index is 0.0163. The van der Waals surface area contributed by atoms with E-state index in [1.807, 2.05) is 0 Å². The molecule has 9 heteroatoms. The van der Waals surface area contributed by atoms with Crippen molar-refractivity contribution in [2.45, 2.75) is 17.7 Å². The smallest absolute Gasteiger partial charge is 0.270 e. The number of rotatable bonds is 6. The van der Waals surface area contributed by atoms with Crippen molar-refractivity contribution in [1.29, 1.82) is 0 Å². The fraction of sp³-hybridized carbons (Fsp3) is 0.167. The topological polar surface area (TPSA) is 110 Å². The number of imide groups is 1. The molecule has 0 aromatic heterocycles. The molecule has 0 bridgehead atoms. The van der Waals surface area contributed by atoms with Gasteiger partial charge < -0.3 is 5.32 Å². The number of thiol groups is 1. The maximum absolute atomic E-state index is 12.4. The molecule has 0 spiro atoms. The van der Waals surface area contributed by atoms with E-state index in [2.05, 4.69) is 17.9 Å². The van der Waals surface area contributed by atoms with Crippen LogP contribution in [0.25, 0.3) is 0 Å². The number of hydrogen-bond acceptors (Lipinski definition) is 6. The highest BCUT2D eigenvalue weighted by atomic mass is 32.1. The van der Waals surface area contributed by atoms with Gasteiger partial charge in [-0.05, 0) is 24.6 Å². The van der Waals surface area contributed by atoms with Gasteiger partial charge in [0, 0.05) is 30.0 Å². The van der Waals surface area contributed by atoms with Gasteiger partial charge >= 0.3 is 0 Å². The molecule has 2 aromatic carbocycles. The minimum atomic E-state index is -0.621. The average molecular weight is 385 g/mol. The van der Waals surface area contributed by atoms with Gasteiger partial charge in [-0.2, -0.15) is 0 Å². The summed E-state index contributed by atoms with van der Waals surface area (Å²) in [6.45, 7) is 0.0517. The largest absolute Gasteiger partial charge is 0.325 e. The summed E-state index contributed by atoms with van der Waals surface area (Å²) in [5.41, 5.74) is 0.488. The van der Waals surface area contributed by atoms with Crippen LogP contribution < -0.4 is 5.32 Å². The molecular weight excluding hydrogens is 370 g/mol. The van der Waals surface area contributed by atoms with E-state index in [1.54, 1.807) is 24.3 Å². The van der Waals surface area contributed by atoms with Crippen LogP contribution >= 0.6 is 12.6 Å². The Morgan fingerprint density at radius 3 is 2.52 bits per heavy atom. The molecule has 0 radical (unpaired) electrons. The summed E-state index contributed by atoms with van der Waals surface area (Å²) < 4.78 is 0. The third-order valence-electron chi connectivity index (χ3n) is 4.13.